The highest BCUT2D eigenvalue weighted by atomic mass is 32.2. The quantitative estimate of drug-likeness (QED) is 0.370. The number of aryl methyl sites for hydroxylation is 3. The number of sulfonamides is 1. The van der Waals surface area contributed by atoms with Crippen molar-refractivity contribution in [2.24, 2.45) is 5.92 Å². The topological polar surface area (TPSA) is 71.1 Å². The van der Waals surface area contributed by atoms with Gasteiger partial charge in [0.2, 0.25) is 0 Å². The molecule has 1 saturated carbocycles. The highest BCUT2D eigenvalue weighted by Crippen LogP contribution is 2.35. The molecule has 0 radical (unpaired) electrons. The van der Waals surface area contributed by atoms with E-state index in [4.69, 9.17) is 4.98 Å². The summed E-state index contributed by atoms with van der Waals surface area (Å²) in [6.45, 7) is 6.83. The first-order valence-corrected chi connectivity index (χ1v) is 14.1. The molecule has 7 heteroatoms. The molecular weight excluding hydrogens is 450 g/mol. The summed E-state index contributed by atoms with van der Waals surface area (Å²) in [4.78, 5) is 6.02. The number of nitrogens with one attached hydrogen (secondary N) is 2. The third-order valence-corrected chi connectivity index (χ3v) is 9.08. The van der Waals surface area contributed by atoms with Crippen LogP contribution in [0.4, 0.5) is 10.8 Å². The minimum Gasteiger partial charge on any atom is -0.361 e. The first-order chi connectivity index (χ1) is 15.9. The van der Waals surface area contributed by atoms with E-state index in [2.05, 4.69) is 17.0 Å². The van der Waals surface area contributed by atoms with Crippen molar-refractivity contribution in [3.8, 4) is 10.4 Å². The number of benzene rings is 2. The number of anilines is 2. The van der Waals surface area contributed by atoms with Crippen LogP contribution in [0, 0.1) is 19.8 Å². The Labute approximate surface area is 201 Å². The molecule has 2 N–H and O–H groups in total. The Morgan fingerprint density at radius 3 is 2.61 bits per heavy atom. The summed E-state index contributed by atoms with van der Waals surface area (Å²) in [5.41, 5.74) is 4.19. The van der Waals surface area contributed by atoms with E-state index in [0.29, 0.717) is 10.6 Å². The fraction of sp³-hybridized carbons (Fsp3) is 0.423. The van der Waals surface area contributed by atoms with Crippen molar-refractivity contribution < 1.29 is 8.42 Å². The van der Waals surface area contributed by atoms with Gasteiger partial charge in [-0.1, -0.05) is 61.8 Å². The standard InChI is InChI=1S/C26H33N3O2S2/c1-4-20-11-8-12-23(15-20)29-33(30,31)24-16-22(14-13-18(24)2)25-19(3)28-26(32-25)27-17-21-9-6-5-7-10-21/h8,11-16,21,29H,4-7,9-10,17H2,1-3H3,(H,27,28). The van der Waals surface area contributed by atoms with Gasteiger partial charge in [-0.05, 0) is 73.9 Å². The monoisotopic (exact) mass is 483 g/mol. The number of hydrogen-bond acceptors (Lipinski definition) is 5. The lowest BCUT2D eigenvalue weighted by Crippen LogP contribution is -2.16. The largest absolute Gasteiger partial charge is 0.361 e. The predicted molar refractivity (Wildman–Crippen MR) is 139 cm³/mol. The number of hydrogen-bond donors (Lipinski definition) is 2. The molecule has 1 aromatic heterocycles. The average Bonchev–Trinajstić information content (AvgIpc) is 3.19. The maximum absolute atomic E-state index is 13.2. The molecule has 33 heavy (non-hydrogen) atoms. The number of thiazole rings is 1. The molecule has 0 atom stereocenters. The van der Waals surface area contributed by atoms with Crippen LogP contribution in [0.25, 0.3) is 10.4 Å². The Hall–Kier alpha value is -2.38. The van der Waals surface area contributed by atoms with Gasteiger partial charge in [0.05, 0.1) is 15.5 Å². The molecule has 4 rings (SSSR count). The first-order valence-electron chi connectivity index (χ1n) is 11.8. The molecule has 2 aromatic carbocycles. The van der Waals surface area contributed by atoms with E-state index < -0.39 is 10.0 Å². The van der Waals surface area contributed by atoms with Crippen molar-refractivity contribution in [1.82, 2.24) is 4.98 Å². The van der Waals surface area contributed by atoms with Gasteiger partial charge in [-0.2, -0.15) is 0 Å². The van der Waals surface area contributed by atoms with Crippen molar-refractivity contribution in [2.75, 3.05) is 16.6 Å². The van der Waals surface area contributed by atoms with Gasteiger partial charge in [-0.25, -0.2) is 13.4 Å². The Kier molecular flexibility index (Phi) is 7.39. The smallest absolute Gasteiger partial charge is 0.262 e. The molecule has 0 unspecified atom stereocenters. The summed E-state index contributed by atoms with van der Waals surface area (Å²) in [5, 5.41) is 4.43. The van der Waals surface area contributed by atoms with Crippen LogP contribution in [0.3, 0.4) is 0 Å². The lowest BCUT2D eigenvalue weighted by Gasteiger charge is -2.21. The van der Waals surface area contributed by atoms with Crippen LogP contribution in [-0.4, -0.2) is 19.9 Å². The molecule has 0 saturated heterocycles. The van der Waals surface area contributed by atoms with Crippen molar-refractivity contribution in [2.45, 2.75) is 64.2 Å². The summed E-state index contributed by atoms with van der Waals surface area (Å²) >= 11 is 1.60. The van der Waals surface area contributed by atoms with Gasteiger partial charge in [0, 0.05) is 12.2 Å². The third-order valence-electron chi connectivity index (χ3n) is 6.39. The molecule has 0 amide bonds. The fourth-order valence-corrected chi connectivity index (χ4v) is 6.75. The normalized spacial score (nSPS) is 14.9. The molecule has 1 aliphatic rings. The van der Waals surface area contributed by atoms with Crippen LogP contribution in [0.2, 0.25) is 0 Å². The summed E-state index contributed by atoms with van der Waals surface area (Å²) in [5.74, 6) is 0.722. The predicted octanol–water partition coefficient (Wildman–Crippen LogP) is 6.78. The Bertz CT molecular complexity index is 1210. The number of rotatable bonds is 8. The van der Waals surface area contributed by atoms with E-state index >= 15 is 0 Å². The Morgan fingerprint density at radius 1 is 1.06 bits per heavy atom. The molecule has 1 heterocycles. The van der Waals surface area contributed by atoms with Crippen molar-refractivity contribution in [1.29, 1.82) is 0 Å². The molecule has 3 aromatic rings. The van der Waals surface area contributed by atoms with Crippen LogP contribution < -0.4 is 10.0 Å². The molecular formula is C26H33N3O2S2. The van der Waals surface area contributed by atoms with E-state index in [0.717, 1.165) is 51.3 Å². The van der Waals surface area contributed by atoms with Crippen LogP contribution in [0.15, 0.2) is 47.4 Å². The summed E-state index contributed by atoms with van der Waals surface area (Å²) in [6.07, 6.45) is 7.44. The Morgan fingerprint density at radius 2 is 1.85 bits per heavy atom. The molecule has 0 spiro atoms. The second-order valence-corrected chi connectivity index (χ2v) is 11.6. The number of aromatic nitrogens is 1. The van der Waals surface area contributed by atoms with Crippen LogP contribution in [0.5, 0.6) is 0 Å². The zero-order chi connectivity index (χ0) is 23.4. The van der Waals surface area contributed by atoms with Gasteiger partial charge < -0.3 is 5.32 Å². The van der Waals surface area contributed by atoms with Gasteiger partial charge in [0.25, 0.3) is 10.0 Å². The highest BCUT2D eigenvalue weighted by Gasteiger charge is 2.20. The molecule has 5 nitrogen and oxygen atoms in total. The van der Waals surface area contributed by atoms with Gasteiger partial charge in [0.15, 0.2) is 5.13 Å². The lowest BCUT2D eigenvalue weighted by molar-refractivity contribution is 0.373. The minimum absolute atomic E-state index is 0.298. The molecule has 1 fully saturated rings. The maximum Gasteiger partial charge on any atom is 0.262 e. The van der Waals surface area contributed by atoms with E-state index in [-0.39, 0.29) is 0 Å². The third kappa shape index (κ3) is 5.76. The van der Waals surface area contributed by atoms with Crippen molar-refractivity contribution >= 4 is 32.2 Å². The van der Waals surface area contributed by atoms with E-state index in [1.165, 1.54) is 32.1 Å². The SMILES string of the molecule is CCc1cccc(NS(=O)(=O)c2cc(-c3sc(NCC4CCCCC4)nc3C)ccc2C)c1. The second-order valence-electron chi connectivity index (χ2n) is 8.96. The lowest BCUT2D eigenvalue weighted by atomic mass is 9.89. The van der Waals surface area contributed by atoms with E-state index in [9.17, 15) is 8.42 Å². The summed E-state index contributed by atoms with van der Waals surface area (Å²) in [7, 11) is -3.71. The molecule has 0 bridgehead atoms. The van der Waals surface area contributed by atoms with E-state index in [1.54, 1.807) is 23.5 Å². The molecule has 1 aliphatic carbocycles. The highest BCUT2D eigenvalue weighted by molar-refractivity contribution is 7.92. The van der Waals surface area contributed by atoms with Gasteiger partial charge in [-0.3, -0.25) is 4.72 Å². The maximum atomic E-state index is 13.2. The Balaban J connectivity index is 1.56. The van der Waals surface area contributed by atoms with Gasteiger partial charge in [-0.15, -0.1) is 0 Å². The fourth-order valence-electron chi connectivity index (χ4n) is 4.46. The zero-order valence-corrected chi connectivity index (χ0v) is 21.3. The van der Waals surface area contributed by atoms with Crippen LogP contribution in [-0.2, 0) is 16.4 Å². The minimum atomic E-state index is -3.71. The second kappa shape index (κ2) is 10.3. The van der Waals surface area contributed by atoms with Crippen LogP contribution in [0.1, 0.15) is 55.8 Å². The van der Waals surface area contributed by atoms with Gasteiger partial charge >= 0.3 is 0 Å². The van der Waals surface area contributed by atoms with Crippen molar-refractivity contribution in [3.63, 3.8) is 0 Å². The zero-order valence-electron chi connectivity index (χ0n) is 19.6. The average molecular weight is 484 g/mol. The van der Waals surface area contributed by atoms with E-state index in [1.807, 2.05) is 44.2 Å². The summed E-state index contributed by atoms with van der Waals surface area (Å²) in [6, 6.07) is 13.2. The van der Waals surface area contributed by atoms with Crippen molar-refractivity contribution in [3.05, 3.63) is 59.3 Å². The number of nitrogens with zero attached hydrogens (tertiary/aromatic N) is 1. The first kappa shape index (κ1) is 23.8. The molecule has 176 valence electrons. The summed E-state index contributed by atoms with van der Waals surface area (Å²) < 4.78 is 29.2. The van der Waals surface area contributed by atoms with Gasteiger partial charge in [0.1, 0.15) is 0 Å². The molecule has 0 aliphatic heterocycles. The van der Waals surface area contributed by atoms with Crippen LogP contribution >= 0.6 is 11.3 Å².